The molecule has 1 aromatic carbocycles. The number of rotatable bonds is 8. The van der Waals surface area contributed by atoms with E-state index in [1.165, 1.54) is 30.8 Å². The van der Waals surface area contributed by atoms with Crippen molar-refractivity contribution in [3.63, 3.8) is 0 Å². The highest BCUT2D eigenvalue weighted by molar-refractivity contribution is 7.92. The molecule has 156 valence electrons. The lowest BCUT2D eigenvalue weighted by atomic mass is 10.2. The molecule has 0 aliphatic heterocycles. The van der Waals surface area contributed by atoms with Crippen LogP contribution >= 0.6 is 0 Å². The normalized spacial score (nSPS) is 12.7. The third kappa shape index (κ3) is 4.24. The van der Waals surface area contributed by atoms with Gasteiger partial charge >= 0.3 is 0 Å². The van der Waals surface area contributed by atoms with Crippen molar-refractivity contribution in [1.29, 1.82) is 0 Å². The van der Waals surface area contributed by atoms with E-state index in [2.05, 4.69) is 19.8 Å². The maximum Gasteiger partial charge on any atom is 0.268 e. The van der Waals surface area contributed by atoms with Crippen molar-refractivity contribution in [3.8, 4) is 11.5 Å². The Morgan fingerprint density at radius 2 is 2.07 bits per heavy atom. The van der Waals surface area contributed by atoms with Gasteiger partial charge in [0.05, 0.1) is 13.3 Å². The highest BCUT2D eigenvalue weighted by Crippen LogP contribution is 2.29. The number of sulfonamides is 1. The first kappa shape index (κ1) is 20.8. The molecule has 0 saturated heterocycles. The zero-order valence-corrected chi connectivity index (χ0v) is 17.3. The van der Waals surface area contributed by atoms with Crippen LogP contribution in [-0.2, 0) is 16.4 Å². The molecule has 2 heterocycles. The first-order valence-electron chi connectivity index (χ1n) is 8.94. The fourth-order valence-electron chi connectivity index (χ4n) is 2.78. The van der Waals surface area contributed by atoms with Crippen molar-refractivity contribution in [2.75, 3.05) is 18.4 Å². The number of hydrogen-bond acceptors (Lipinski definition) is 7. The number of halogens is 1. The summed E-state index contributed by atoms with van der Waals surface area (Å²) in [6.07, 6.45) is 0.825. The first-order valence-corrected chi connectivity index (χ1v) is 10.4. The molecule has 0 saturated carbocycles. The summed E-state index contributed by atoms with van der Waals surface area (Å²) in [5.74, 6) is 0.867. The van der Waals surface area contributed by atoms with Gasteiger partial charge in [0.15, 0.2) is 5.75 Å². The second kappa shape index (κ2) is 8.19. The van der Waals surface area contributed by atoms with E-state index < -0.39 is 16.2 Å². The monoisotopic (exact) mass is 423 g/mol. The molecule has 29 heavy (non-hydrogen) atoms. The van der Waals surface area contributed by atoms with Crippen molar-refractivity contribution in [2.45, 2.75) is 38.3 Å². The second-order valence-corrected chi connectivity index (χ2v) is 7.99. The number of nitrogens with zero attached hydrogens (tertiary/aromatic N) is 4. The van der Waals surface area contributed by atoms with E-state index in [1.807, 2.05) is 6.92 Å². The summed E-state index contributed by atoms with van der Waals surface area (Å²) in [5, 5.41) is 4.21. The van der Waals surface area contributed by atoms with E-state index in [9.17, 15) is 12.8 Å². The van der Waals surface area contributed by atoms with E-state index in [4.69, 9.17) is 9.47 Å². The minimum atomic E-state index is -4.11. The van der Waals surface area contributed by atoms with Gasteiger partial charge < -0.3 is 9.47 Å². The maximum absolute atomic E-state index is 13.2. The average Bonchev–Trinajstić information content (AvgIpc) is 3.07. The number of aryl methyl sites for hydroxylation is 2. The summed E-state index contributed by atoms with van der Waals surface area (Å²) in [6, 6.07) is 4.74. The number of nitrogens with one attached hydrogen (secondary N) is 1. The molecule has 1 atom stereocenters. The molecule has 0 spiro atoms. The van der Waals surface area contributed by atoms with Crippen LogP contribution < -0.4 is 14.2 Å². The molecule has 0 aliphatic carbocycles. The Morgan fingerprint density at radius 1 is 1.31 bits per heavy atom. The minimum Gasteiger partial charge on any atom is -0.491 e. The number of fused-ring (bicyclic) bond motifs is 1. The van der Waals surface area contributed by atoms with Gasteiger partial charge in [-0.25, -0.2) is 22.5 Å². The first-order chi connectivity index (χ1) is 13.8. The molecule has 0 fully saturated rings. The van der Waals surface area contributed by atoms with Crippen LogP contribution in [-0.4, -0.2) is 47.9 Å². The number of benzene rings is 1. The van der Waals surface area contributed by atoms with E-state index in [-0.39, 0.29) is 23.2 Å². The van der Waals surface area contributed by atoms with Crippen LogP contribution in [0.25, 0.3) is 5.65 Å². The highest BCUT2D eigenvalue weighted by Gasteiger charge is 2.25. The van der Waals surface area contributed by atoms with Gasteiger partial charge in [0.25, 0.3) is 16.0 Å². The van der Waals surface area contributed by atoms with Gasteiger partial charge in [-0.1, -0.05) is 19.1 Å². The van der Waals surface area contributed by atoms with Crippen LogP contribution in [0.3, 0.4) is 0 Å². The number of alkyl halides is 1. The van der Waals surface area contributed by atoms with Crippen LogP contribution in [0, 0.1) is 6.92 Å². The Kier molecular flexibility index (Phi) is 5.87. The van der Waals surface area contributed by atoms with Crippen LogP contribution in [0.4, 0.5) is 10.3 Å². The molecular formula is C18H22FN5O4S. The predicted octanol–water partition coefficient (Wildman–Crippen LogP) is 2.54. The summed E-state index contributed by atoms with van der Waals surface area (Å²) in [6.45, 7) is 4.58. The SMILES string of the molecule is CCc1ncc(OC)c2nc(NS(=O)(=O)c3c(C)cccc3OCC(C)F)nn12. The zero-order valence-electron chi connectivity index (χ0n) is 16.5. The van der Waals surface area contributed by atoms with E-state index in [0.29, 0.717) is 29.2 Å². The van der Waals surface area contributed by atoms with E-state index >= 15 is 0 Å². The fourth-order valence-corrected chi connectivity index (χ4v) is 4.10. The Morgan fingerprint density at radius 3 is 2.72 bits per heavy atom. The minimum absolute atomic E-state index is 0.0549. The Hall–Kier alpha value is -2.95. The molecule has 0 aliphatic rings. The number of aromatic nitrogens is 4. The molecule has 0 amide bonds. The van der Waals surface area contributed by atoms with E-state index in [1.54, 1.807) is 19.1 Å². The second-order valence-electron chi connectivity index (χ2n) is 6.37. The summed E-state index contributed by atoms with van der Waals surface area (Å²) in [4.78, 5) is 8.37. The number of methoxy groups -OCH3 is 1. The highest BCUT2D eigenvalue weighted by atomic mass is 32.2. The van der Waals surface area contributed by atoms with Gasteiger partial charge in [0.1, 0.15) is 29.2 Å². The Bertz CT molecular complexity index is 1090. The van der Waals surface area contributed by atoms with Crippen molar-refractivity contribution >= 4 is 21.6 Å². The number of anilines is 1. The summed E-state index contributed by atoms with van der Waals surface area (Å²) < 4.78 is 53.7. The van der Waals surface area contributed by atoms with Gasteiger partial charge in [-0.2, -0.15) is 9.50 Å². The van der Waals surface area contributed by atoms with Crippen LogP contribution in [0.2, 0.25) is 0 Å². The standard InChI is InChI=1S/C18H22FN5O4S/c1-5-15-20-9-14(27-4)17-21-18(22-24(15)17)23-29(25,26)16-11(2)7-6-8-13(16)28-10-12(3)19/h6-9,12H,5,10H2,1-4H3,(H,22,23). The van der Waals surface area contributed by atoms with Crippen LogP contribution in [0.1, 0.15) is 25.2 Å². The lowest BCUT2D eigenvalue weighted by Gasteiger charge is -2.14. The van der Waals surface area contributed by atoms with E-state index in [0.717, 1.165) is 0 Å². The maximum atomic E-state index is 13.2. The van der Waals surface area contributed by atoms with Gasteiger partial charge in [-0.15, -0.1) is 5.10 Å². The number of ether oxygens (including phenoxy) is 2. The lowest BCUT2D eigenvalue weighted by molar-refractivity contribution is 0.206. The molecule has 1 N–H and O–H groups in total. The van der Waals surface area contributed by atoms with Gasteiger partial charge in [0, 0.05) is 6.42 Å². The fraction of sp³-hybridized carbons (Fsp3) is 0.389. The number of hydrogen-bond donors (Lipinski definition) is 1. The molecular weight excluding hydrogens is 401 g/mol. The quantitative estimate of drug-likeness (QED) is 0.593. The summed E-state index contributed by atoms with van der Waals surface area (Å²) >= 11 is 0. The van der Waals surface area contributed by atoms with Crippen molar-refractivity contribution in [1.82, 2.24) is 19.6 Å². The van der Waals surface area contributed by atoms with Crippen LogP contribution in [0.5, 0.6) is 11.5 Å². The van der Waals surface area contributed by atoms with Crippen molar-refractivity contribution in [2.24, 2.45) is 0 Å². The van der Waals surface area contributed by atoms with Crippen LogP contribution in [0.15, 0.2) is 29.3 Å². The topological polar surface area (TPSA) is 108 Å². The smallest absolute Gasteiger partial charge is 0.268 e. The molecule has 3 rings (SSSR count). The average molecular weight is 423 g/mol. The Labute approximate surface area is 167 Å². The third-order valence-corrected chi connectivity index (χ3v) is 5.59. The molecule has 9 nitrogen and oxygen atoms in total. The summed E-state index contributed by atoms with van der Waals surface area (Å²) in [7, 11) is -2.64. The predicted molar refractivity (Wildman–Crippen MR) is 105 cm³/mol. The van der Waals surface area contributed by atoms with Gasteiger partial charge in [-0.05, 0) is 25.5 Å². The molecule has 0 bridgehead atoms. The molecule has 0 radical (unpaired) electrons. The lowest BCUT2D eigenvalue weighted by Crippen LogP contribution is -2.18. The van der Waals surface area contributed by atoms with Crippen molar-refractivity contribution in [3.05, 3.63) is 35.8 Å². The van der Waals surface area contributed by atoms with Gasteiger partial charge in [0.2, 0.25) is 5.65 Å². The summed E-state index contributed by atoms with van der Waals surface area (Å²) in [5.41, 5.74) is 0.781. The van der Waals surface area contributed by atoms with Gasteiger partial charge in [-0.3, -0.25) is 0 Å². The molecule has 1 unspecified atom stereocenters. The Balaban J connectivity index is 2.02. The molecule has 11 heteroatoms. The van der Waals surface area contributed by atoms with Crippen molar-refractivity contribution < 1.29 is 22.3 Å². The molecule has 2 aromatic heterocycles. The largest absolute Gasteiger partial charge is 0.491 e. The third-order valence-electron chi connectivity index (χ3n) is 4.08. The zero-order chi connectivity index (χ0) is 21.2. The molecule has 3 aromatic rings.